The number of allylic oxidation sites excluding steroid dienone is 18. The molecule has 0 aliphatic rings. The zero-order valence-corrected chi connectivity index (χ0v) is 48.3. The molecule has 0 aromatic carbocycles. The van der Waals surface area contributed by atoms with Crippen LogP contribution in [0.1, 0.15) is 284 Å². The lowest BCUT2D eigenvalue weighted by atomic mass is 10.0. The van der Waals surface area contributed by atoms with Gasteiger partial charge in [0.2, 0.25) is 0 Å². The highest BCUT2D eigenvalue weighted by Gasteiger charge is 2.19. The van der Waals surface area contributed by atoms with Crippen LogP contribution in [0.2, 0.25) is 0 Å². The second kappa shape index (κ2) is 61.6. The Balaban J connectivity index is 4.50. The molecule has 0 saturated carbocycles. The number of hydrogen-bond donors (Lipinski definition) is 0. The summed E-state index contributed by atoms with van der Waals surface area (Å²) in [6.45, 7) is 6.46. The Morgan fingerprint density at radius 1 is 0.284 bits per heavy atom. The Bertz CT molecular complexity index is 1510. The monoisotopic (exact) mass is 1030 g/mol. The van der Waals surface area contributed by atoms with Gasteiger partial charge in [0.25, 0.3) is 0 Å². The van der Waals surface area contributed by atoms with Gasteiger partial charge in [-0.2, -0.15) is 0 Å². The van der Waals surface area contributed by atoms with Crippen molar-refractivity contribution in [2.24, 2.45) is 0 Å². The number of carbonyl (C=O) groups excluding carboxylic acids is 3. The molecule has 0 heterocycles. The summed E-state index contributed by atoms with van der Waals surface area (Å²) in [5.74, 6) is -0.951. The Morgan fingerprint density at radius 2 is 0.527 bits per heavy atom. The van der Waals surface area contributed by atoms with Crippen LogP contribution in [-0.4, -0.2) is 37.2 Å². The third kappa shape index (κ3) is 59.0. The van der Waals surface area contributed by atoms with Crippen molar-refractivity contribution in [3.63, 3.8) is 0 Å². The van der Waals surface area contributed by atoms with E-state index in [-0.39, 0.29) is 31.1 Å². The number of ether oxygens (including phenoxy) is 3. The number of hydrogen-bond acceptors (Lipinski definition) is 6. The van der Waals surface area contributed by atoms with Crippen molar-refractivity contribution in [1.82, 2.24) is 0 Å². The predicted molar refractivity (Wildman–Crippen MR) is 320 cm³/mol. The molecule has 6 nitrogen and oxygen atoms in total. The fourth-order valence-electron chi connectivity index (χ4n) is 8.59. The van der Waals surface area contributed by atoms with Crippen LogP contribution in [0.4, 0.5) is 0 Å². The first-order valence-electron chi connectivity index (χ1n) is 31.0. The smallest absolute Gasteiger partial charge is 0.306 e. The molecule has 0 aliphatic heterocycles. The summed E-state index contributed by atoms with van der Waals surface area (Å²) in [7, 11) is 0. The topological polar surface area (TPSA) is 78.9 Å². The Hall–Kier alpha value is -3.93. The fraction of sp³-hybridized carbons (Fsp3) is 0.691. The molecule has 0 N–H and O–H groups in total. The molecular weight excluding hydrogens is 913 g/mol. The zero-order valence-electron chi connectivity index (χ0n) is 48.3. The van der Waals surface area contributed by atoms with Gasteiger partial charge >= 0.3 is 17.9 Å². The van der Waals surface area contributed by atoms with Gasteiger partial charge in [-0.15, -0.1) is 0 Å². The summed E-state index contributed by atoms with van der Waals surface area (Å²) in [6, 6.07) is 0. The lowest BCUT2D eigenvalue weighted by molar-refractivity contribution is -0.167. The van der Waals surface area contributed by atoms with Crippen LogP contribution in [0.5, 0.6) is 0 Å². The summed E-state index contributed by atoms with van der Waals surface area (Å²) < 4.78 is 16.9. The van der Waals surface area contributed by atoms with Crippen LogP contribution < -0.4 is 0 Å². The van der Waals surface area contributed by atoms with E-state index in [2.05, 4.69) is 57.2 Å². The van der Waals surface area contributed by atoms with E-state index in [0.717, 1.165) is 89.9 Å². The maximum absolute atomic E-state index is 12.9. The third-order valence-corrected chi connectivity index (χ3v) is 13.2. The van der Waals surface area contributed by atoms with E-state index in [1.165, 1.54) is 154 Å². The summed E-state index contributed by atoms with van der Waals surface area (Å²) in [4.78, 5) is 38.3. The molecule has 0 fully saturated rings. The fourth-order valence-corrected chi connectivity index (χ4v) is 8.59. The molecule has 0 spiro atoms. The Morgan fingerprint density at radius 3 is 0.851 bits per heavy atom. The number of unbranched alkanes of at least 4 members (excludes halogenated alkanes) is 33. The molecule has 1 atom stereocenters. The average molecular weight is 1030 g/mol. The van der Waals surface area contributed by atoms with Crippen molar-refractivity contribution in [3.8, 4) is 0 Å². The van der Waals surface area contributed by atoms with Crippen LogP contribution in [-0.2, 0) is 28.6 Å². The Kier molecular flexibility index (Phi) is 58.3. The van der Waals surface area contributed by atoms with Crippen LogP contribution in [0, 0.1) is 0 Å². The van der Waals surface area contributed by atoms with Crippen molar-refractivity contribution < 1.29 is 28.6 Å². The molecule has 0 aromatic heterocycles. The van der Waals surface area contributed by atoms with E-state index < -0.39 is 6.10 Å². The maximum Gasteiger partial charge on any atom is 0.306 e. The van der Waals surface area contributed by atoms with Crippen molar-refractivity contribution in [3.05, 3.63) is 109 Å². The molecule has 0 bridgehead atoms. The van der Waals surface area contributed by atoms with Crippen LogP contribution >= 0.6 is 0 Å². The SMILES string of the molecule is CC\C=C/C=C\C=C/C=C\C=C\C=C/C=C\CCCCCC(=O)OCC(COC(=O)CCCCCCC/C=C\C=C/CCCCCCCCC)OC(=O)CCCCCCCCCCCCCCCCCCCCC. The first-order valence-corrected chi connectivity index (χ1v) is 31.0. The van der Waals surface area contributed by atoms with Crippen molar-refractivity contribution in [2.45, 2.75) is 290 Å². The molecule has 74 heavy (non-hydrogen) atoms. The van der Waals surface area contributed by atoms with Crippen molar-refractivity contribution in [2.75, 3.05) is 13.2 Å². The molecule has 0 saturated heterocycles. The minimum atomic E-state index is -0.805. The van der Waals surface area contributed by atoms with Gasteiger partial charge in [-0.25, -0.2) is 0 Å². The largest absolute Gasteiger partial charge is 0.462 e. The minimum absolute atomic E-state index is 0.100. The molecule has 6 heteroatoms. The molecular formula is C68H114O6. The Labute approximate surface area is 457 Å². The van der Waals surface area contributed by atoms with Gasteiger partial charge in [0.1, 0.15) is 13.2 Å². The first-order chi connectivity index (χ1) is 36.5. The standard InChI is InChI=1S/C68H114O6/c1-4-7-10-13-16-19-22-25-28-31-34-37-40-43-46-49-52-55-58-61-67(70)73-64-65(63-72-66(69)60-57-54-51-48-45-42-39-36-33-30-27-24-21-18-15-12-9-6-3)74-68(71)62-59-56-53-50-47-44-41-38-35-32-29-26-23-20-17-14-11-8-5-2/h7,10,13,16,19,22,25,28,30-31,33-34,36-37,39-40,43,46,65H,4-6,8-9,11-12,14-15,17-18,20-21,23-24,26-27,29,32,35,38,41-42,44-45,47-64H2,1-3H3/b10-7-,16-13-,22-19-,28-25-,33-30-,34-31+,39-36-,40-37-,46-43-. The summed E-state index contributed by atoms with van der Waals surface area (Å²) in [5.41, 5.74) is 0. The van der Waals surface area contributed by atoms with E-state index in [0.29, 0.717) is 19.3 Å². The molecule has 0 amide bonds. The van der Waals surface area contributed by atoms with E-state index >= 15 is 0 Å². The number of carbonyl (C=O) groups is 3. The first kappa shape index (κ1) is 70.1. The zero-order chi connectivity index (χ0) is 53.6. The van der Waals surface area contributed by atoms with Gasteiger partial charge in [0.15, 0.2) is 6.10 Å². The normalized spacial score (nSPS) is 12.9. The molecule has 0 rings (SSSR count). The van der Waals surface area contributed by atoms with E-state index in [4.69, 9.17) is 14.2 Å². The van der Waals surface area contributed by atoms with E-state index in [1.807, 2.05) is 72.9 Å². The highest BCUT2D eigenvalue weighted by molar-refractivity contribution is 5.71. The van der Waals surface area contributed by atoms with E-state index in [1.54, 1.807) is 0 Å². The predicted octanol–water partition coefficient (Wildman–Crippen LogP) is 21.0. The summed E-state index contributed by atoms with van der Waals surface area (Å²) in [5, 5.41) is 0. The molecule has 0 aromatic rings. The minimum Gasteiger partial charge on any atom is -0.462 e. The number of esters is 3. The molecule has 1 unspecified atom stereocenters. The van der Waals surface area contributed by atoms with Crippen LogP contribution in [0.15, 0.2) is 109 Å². The van der Waals surface area contributed by atoms with Gasteiger partial charge in [-0.05, 0) is 64.2 Å². The quantitative estimate of drug-likeness (QED) is 0.0261. The third-order valence-electron chi connectivity index (χ3n) is 13.2. The second-order valence-corrected chi connectivity index (χ2v) is 20.5. The van der Waals surface area contributed by atoms with Gasteiger partial charge in [-0.1, -0.05) is 310 Å². The van der Waals surface area contributed by atoms with Crippen LogP contribution in [0.3, 0.4) is 0 Å². The van der Waals surface area contributed by atoms with E-state index in [9.17, 15) is 14.4 Å². The average Bonchev–Trinajstić information content (AvgIpc) is 3.40. The van der Waals surface area contributed by atoms with Gasteiger partial charge in [0, 0.05) is 19.3 Å². The summed E-state index contributed by atoms with van der Waals surface area (Å²) >= 11 is 0. The van der Waals surface area contributed by atoms with Crippen molar-refractivity contribution >= 4 is 17.9 Å². The summed E-state index contributed by atoms with van der Waals surface area (Å²) in [6.07, 6.45) is 83.7. The lowest BCUT2D eigenvalue weighted by Gasteiger charge is -2.18. The van der Waals surface area contributed by atoms with Gasteiger partial charge < -0.3 is 14.2 Å². The highest BCUT2D eigenvalue weighted by Crippen LogP contribution is 2.16. The van der Waals surface area contributed by atoms with Gasteiger partial charge in [0.05, 0.1) is 0 Å². The molecule has 422 valence electrons. The highest BCUT2D eigenvalue weighted by atomic mass is 16.6. The second-order valence-electron chi connectivity index (χ2n) is 20.5. The van der Waals surface area contributed by atoms with Gasteiger partial charge in [-0.3, -0.25) is 14.4 Å². The number of rotatable bonds is 55. The maximum atomic E-state index is 12.9. The van der Waals surface area contributed by atoms with Crippen LogP contribution in [0.25, 0.3) is 0 Å². The lowest BCUT2D eigenvalue weighted by Crippen LogP contribution is -2.30. The molecule has 0 aliphatic carbocycles. The van der Waals surface area contributed by atoms with Crippen molar-refractivity contribution in [1.29, 1.82) is 0 Å². The molecule has 0 radical (unpaired) electrons.